The second-order valence-electron chi connectivity index (χ2n) is 4.83. The van der Waals surface area contributed by atoms with Gasteiger partial charge in [-0.05, 0) is 25.3 Å². The molecule has 0 spiro atoms. The van der Waals surface area contributed by atoms with E-state index in [2.05, 4.69) is 0 Å². The Labute approximate surface area is 115 Å². The van der Waals surface area contributed by atoms with E-state index >= 15 is 0 Å². The molecule has 1 saturated heterocycles. The van der Waals surface area contributed by atoms with Crippen molar-refractivity contribution in [2.45, 2.75) is 31.7 Å². The van der Waals surface area contributed by atoms with Crippen molar-refractivity contribution in [2.24, 2.45) is 0 Å². The van der Waals surface area contributed by atoms with Gasteiger partial charge in [0, 0.05) is 29.9 Å². The van der Waals surface area contributed by atoms with E-state index < -0.39 is 11.3 Å². The molecule has 1 atom stereocenters. The Balaban J connectivity index is 2.41. The van der Waals surface area contributed by atoms with Crippen molar-refractivity contribution in [3.63, 3.8) is 0 Å². The summed E-state index contributed by atoms with van der Waals surface area (Å²) in [6.45, 7) is 0.461. The van der Waals surface area contributed by atoms with Crippen LogP contribution >= 0.6 is 0 Å². The monoisotopic (exact) mass is 286 g/mol. The van der Waals surface area contributed by atoms with Crippen LogP contribution in [0.3, 0.4) is 0 Å². The van der Waals surface area contributed by atoms with Gasteiger partial charge >= 0.3 is 0 Å². The molecule has 1 unspecified atom stereocenters. The van der Waals surface area contributed by atoms with E-state index in [1.54, 1.807) is 4.90 Å². The molecule has 20 heavy (non-hydrogen) atoms. The number of halogens is 2. The molecule has 0 amide bonds. The Kier molecular flexibility index (Phi) is 4.49. The Bertz CT molecular complexity index is 497. The first-order valence-electron chi connectivity index (χ1n) is 6.48. The van der Waals surface area contributed by atoms with Crippen LogP contribution in [0, 0.1) is 10.1 Å². The first-order chi connectivity index (χ1) is 9.54. The molecule has 0 radical (unpaired) electrons. The number of hydrogen-bond donors (Lipinski definition) is 1. The van der Waals surface area contributed by atoms with Crippen molar-refractivity contribution in [1.82, 2.24) is 0 Å². The third kappa shape index (κ3) is 2.87. The number of anilines is 1. The summed E-state index contributed by atoms with van der Waals surface area (Å²) in [5.41, 5.74) is -0.412. The van der Waals surface area contributed by atoms with Gasteiger partial charge in [0.1, 0.15) is 0 Å². The van der Waals surface area contributed by atoms with Crippen LogP contribution < -0.4 is 4.90 Å². The number of alkyl halides is 2. The molecule has 1 aliphatic rings. The molecular formula is C13H16F2N2O3. The minimum absolute atomic E-state index is 0.111. The maximum atomic E-state index is 13.1. The number of piperidine rings is 1. The first-order valence-corrected chi connectivity index (χ1v) is 6.48. The molecule has 1 heterocycles. The van der Waals surface area contributed by atoms with E-state index in [1.807, 2.05) is 0 Å². The van der Waals surface area contributed by atoms with Crippen LogP contribution in [0.4, 0.5) is 20.2 Å². The highest BCUT2D eigenvalue weighted by molar-refractivity contribution is 5.59. The second-order valence-corrected chi connectivity index (χ2v) is 4.83. The van der Waals surface area contributed by atoms with E-state index in [1.165, 1.54) is 12.1 Å². The van der Waals surface area contributed by atoms with Crippen molar-refractivity contribution >= 4 is 11.4 Å². The topological polar surface area (TPSA) is 66.6 Å². The van der Waals surface area contributed by atoms with Gasteiger partial charge in [-0.3, -0.25) is 10.1 Å². The molecule has 2 rings (SSSR count). The van der Waals surface area contributed by atoms with Crippen LogP contribution in [0.2, 0.25) is 0 Å². The summed E-state index contributed by atoms with van der Waals surface area (Å²) in [7, 11) is 0. The SMILES string of the molecule is O=[N+]([O-])c1ccc(N2CCCCC2CO)c(C(F)F)c1. The first kappa shape index (κ1) is 14.6. The molecule has 1 aliphatic heterocycles. The standard InChI is InChI=1S/C13H16F2N2O3/c14-13(15)11-7-9(17(19)20)4-5-12(11)16-6-2-1-3-10(16)8-18/h4-5,7,10,13,18H,1-3,6,8H2. The smallest absolute Gasteiger partial charge is 0.270 e. The van der Waals surface area contributed by atoms with Gasteiger partial charge in [0.05, 0.1) is 17.6 Å². The quantitative estimate of drug-likeness (QED) is 0.682. The number of nitrogens with zero attached hydrogens (tertiary/aromatic N) is 2. The average molecular weight is 286 g/mol. The molecule has 110 valence electrons. The summed E-state index contributed by atoms with van der Waals surface area (Å²) in [4.78, 5) is 11.7. The highest BCUT2D eigenvalue weighted by Gasteiger charge is 2.27. The fourth-order valence-electron chi connectivity index (χ4n) is 2.60. The fourth-order valence-corrected chi connectivity index (χ4v) is 2.60. The molecule has 1 aromatic rings. The number of aliphatic hydroxyl groups is 1. The van der Waals surface area contributed by atoms with Crippen LogP contribution in [-0.2, 0) is 0 Å². The predicted molar refractivity (Wildman–Crippen MR) is 70.1 cm³/mol. The number of rotatable bonds is 4. The van der Waals surface area contributed by atoms with Gasteiger partial charge in [0.25, 0.3) is 12.1 Å². The molecule has 0 aliphatic carbocycles. The van der Waals surface area contributed by atoms with Gasteiger partial charge in [-0.2, -0.15) is 0 Å². The maximum Gasteiger partial charge on any atom is 0.270 e. The Morgan fingerprint density at radius 2 is 2.20 bits per heavy atom. The highest BCUT2D eigenvalue weighted by atomic mass is 19.3. The zero-order valence-electron chi connectivity index (χ0n) is 10.8. The van der Waals surface area contributed by atoms with E-state index in [9.17, 15) is 24.0 Å². The summed E-state index contributed by atoms with van der Waals surface area (Å²) in [6.07, 6.45) is -0.253. The molecule has 1 aromatic carbocycles. The third-order valence-corrected chi connectivity index (χ3v) is 3.60. The molecule has 1 N–H and O–H groups in total. The lowest BCUT2D eigenvalue weighted by molar-refractivity contribution is -0.385. The van der Waals surface area contributed by atoms with Gasteiger partial charge in [-0.15, -0.1) is 0 Å². The lowest BCUT2D eigenvalue weighted by Gasteiger charge is -2.37. The van der Waals surface area contributed by atoms with Crippen LogP contribution in [0.1, 0.15) is 31.3 Å². The van der Waals surface area contributed by atoms with Crippen LogP contribution in [0.25, 0.3) is 0 Å². The number of hydrogen-bond acceptors (Lipinski definition) is 4. The number of nitro benzene ring substituents is 1. The third-order valence-electron chi connectivity index (χ3n) is 3.60. The zero-order chi connectivity index (χ0) is 14.7. The number of aliphatic hydroxyl groups excluding tert-OH is 1. The van der Waals surface area contributed by atoms with E-state index in [-0.39, 0.29) is 29.6 Å². The number of benzene rings is 1. The predicted octanol–water partition coefficient (Wildman–Crippen LogP) is 2.88. The van der Waals surface area contributed by atoms with Gasteiger partial charge < -0.3 is 10.0 Å². The lowest BCUT2D eigenvalue weighted by Crippen LogP contribution is -2.42. The summed E-state index contributed by atoms with van der Waals surface area (Å²) in [5, 5.41) is 20.0. The Hall–Kier alpha value is -1.76. The largest absolute Gasteiger partial charge is 0.394 e. The number of non-ortho nitro benzene ring substituents is 1. The summed E-state index contributed by atoms with van der Waals surface area (Å²) in [6, 6.07) is 3.30. The van der Waals surface area contributed by atoms with Crippen molar-refractivity contribution in [3.8, 4) is 0 Å². The van der Waals surface area contributed by atoms with Gasteiger partial charge in [-0.1, -0.05) is 0 Å². The lowest BCUT2D eigenvalue weighted by atomic mass is 10.00. The van der Waals surface area contributed by atoms with E-state index in [0.717, 1.165) is 25.3 Å². The fraction of sp³-hybridized carbons (Fsp3) is 0.538. The summed E-state index contributed by atoms with van der Waals surface area (Å²) < 4.78 is 26.3. The van der Waals surface area contributed by atoms with Crippen LogP contribution in [0.5, 0.6) is 0 Å². The molecule has 7 heteroatoms. The van der Waals surface area contributed by atoms with Crippen LogP contribution in [-0.4, -0.2) is 29.2 Å². The minimum atomic E-state index is -2.79. The number of nitro groups is 1. The van der Waals surface area contributed by atoms with E-state index in [4.69, 9.17) is 0 Å². The van der Waals surface area contributed by atoms with E-state index in [0.29, 0.717) is 6.54 Å². The van der Waals surface area contributed by atoms with Crippen molar-refractivity contribution in [2.75, 3.05) is 18.1 Å². The van der Waals surface area contributed by atoms with Crippen molar-refractivity contribution in [1.29, 1.82) is 0 Å². The van der Waals surface area contributed by atoms with Crippen molar-refractivity contribution < 1.29 is 18.8 Å². The van der Waals surface area contributed by atoms with Crippen molar-refractivity contribution in [3.05, 3.63) is 33.9 Å². The summed E-state index contributed by atoms with van der Waals surface area (Å²) >= 11 is 0. The average Bonchev–Trinajstić information content (AvgIpc) is 2.46. The van der Waals surface area contributed by atoms with Gasteiger partial charge in [-0.25, -0.2) is 8.78 Å². The molecule has 0 bridgehead atoms. The molecule has 0 aromatic heterocycles. The zero-order valence-corrected chi connectivity index (χ0v) is 10.8. The highest BCUT2D eigenvalue weighted by Crippen LogP contribution is 2.35. The Morgan fingerprint density at radius 1 is 1.45 bits per heavy atom. The normalized spacial score (nSPS) is 19.4. The molecule has 5 nitrogen and oxygen atoms in total. The summed E-state index contributed by atoms with van der Waals surface area (Å²) in [5.74, 6) is 0. The van der Waals surface area contributed by atoms with Gasteiger partial charge in [0.15, 0.2) is 0 Å². The molecule has 0 saturated carbocycles. The molecular weight excluding hydrogens is 270 g/mol. The minimum Gasteiger partial charge on any atom is -0.394 e. The van der Waals surface area contributed by atoms with Gasteiger partial charge in [0.2, 0.25) is 0 Å². The van der Waals surface area contributed by atoms with Crippen LogP contribution in [0.15, 0.2) is 18.2 Å². The Morgan fingerprint density at radius 3 is 2.80 bits per heavy atom. The second kappa shape index (κ2) is 6.13. The molecule has 1 fully saturated rings. The maximum absolute atomic E-state index is 13.1.